The van der Waals surface area contributed by atoms with E-state index >= 15 is 0 Å². The summed E-state index contributed by atoms with van der Waals surface area (Å²) in [4.78, 5) is 0. The average molecular weight is 457 g/mol. The zero-order valence-electron chi connectivity index (χ0n) is 17.6. The van der Waals surface area contributed by atoms with Gasteiger partial charge in [0.25, 0.3) is 0 Å². The molecule has 6 heteroatoms. The largest absolute Gasteiger partial charge is 0.282 e. The van der Waals surface area contributed by atoms with Crippen LogP contribution in [-0.4, -0.2) is 20.4 Å². The Morgan fingerprint density at radius 2 is 1.23 bits per heavy atom. The smallest absolute Gasteiger partial charge is 0.0938 e. The van der Waals surface area contributed by atoms with Gasteiger partial charge in [0.15, 0.2) is 0 Å². The van der Waals surface area contributed by atoms with Gasteiger partial charge in [-0.3, -0.25) is 10.2 Å². The Bertz CT molecular complexity index is 1080. The summed E-state index contributed by atoms with van der Waals surface area (Å²) in [5, 5.41) is 16.1. The fourth-order valence-electron chi connectivity index (χ4n) is 2.84. The number of benzene rings is 2. The van der Waals surface area contributed by atoms with Crippen LogP contribution in [-0.2, 0) is 0 Å². The minimum atomic E-state index is 0. The van der Waals surface area contributed by atoms with Gasteiger partial charge in [-0.15, -0.1) is 0 Å². The molecule has 0 aliphatic rings. The molecule has 0 spiro atoms. The number of nitrogens with zero attached hydrogens (tertiary/aromatic N) is 2. The van der Waals surface area contributed by atoms with E-state index in [4.69, 9.17) is 23.2 Å². The number of halogens is 2. The summed E-state index contributed by atoms with van der Waals surface area (Å²) < 4.78 is 0. The molecule has 31 heavy (non-hydrogen) atoms. The fourth-order valence-corrected chi connectivity index (χ4v) is 3.20. The van der Waals surface area contributed by atoms with Crippen molar-refractivity contribution in [2.75, 3.05) is 0 Å². The number of aromatic amines is 2. The highest BCUT2D eigenvalue weighted by atomic mass is 35.5. The third-order valence-corrected chi connectivity index (χ3v) is 5.31. The summed E-state index contributed by atoms with van der Waals surface area (Å²) in [5.74, 6) is 0.923. The van der Waals surface area contributed by atoms with Crippen LogP contribution >= 0.6 is 23.2 Å². The molecule has 0 atom stereocenters. The lowest BCUT2D eigenvalue weighted by atomic mass is 10.1. The molecule has 4 rings (SSSR count). The van der Waals surface area contributed by atoms with E-state index in [2.05, 4.69) is 54.2 Å². The highest BCUT2D eigenvalue weighted by Crippen LogP contribution is 2.27. The number of rotatable bonds is 4. The van der Waals surface area contributed by atoms with E-state index in [1.54, 1.807) is 0 Å². The van der Waals surface area contributed by atoms with Gasteiger partial charge < -0.3 is 0 Å². The Morgan fingerprint density at radius 3 is 1.74 bits per heavy atom. The molecule has 0 saturated carbocycles. The summed E-state index contributed by atoms with van der Waals surface area (Å²) in [6.45, 7) is 8.53. The summed E-state index contributed by atoms with van der Waals surface area (Å²) in [5.41, 5.74) is 6.22. The molecule has 0 aliphatic heterocycles. The van der Waals surface area contributed by atoms with Gasteiger partial charge in [0, 0.05) is 27.5 Å². The van der Waals surface area contributed by atoms with Crippen LogP contribution < -0.4 is 0 Å². The number of aromatic nitrogens is 4. The van der Waals surface area contributed by atoms with Crippen LogP contribution in [0, 0.1) is 0 Å². The van der Waals surface area contributed by atoms with Crippen molar-refractivity contribution in [2.45, 2.75) is 47.0 Å². The SMILES string of the molecule is C.CC(C)c1cc(-c2ccc(Cl)cc2)n[nH]1.CC(C)c1cc(-c2ccccc2Cl)n[nH]1. The van der Waals surface area contributed by atoms with Crippen molar-refractivity contribution in [1.82, 2.24) is 20.4 Å². The van der Waals surface area contributed by atoms with Gasteiger partial charge in [-0.25, -0.2) is 0 Å². The third kappa shape index (κ3) is 6.46. The highest BCUT2D eigenvalue weighted by Gasteiger charge is 2.09. The zero-order chi connectivity index (χ0) is 21.7. The number of hydrogen-bond acceptors (Lipinski definition) is 2. The first-order valence-electron chi connectivity index (χ1n) is 9.96. The van der Waals surface area contributed by atoms with Crippen molar-refractivity contribution in [3.05, 3.63) is 82.1 Å². The van der Waals surface area contributed by atoms with Gasteiger partial charge in [-0.05, 0) is 42.2 Å². The summed E-state index contributed by atoms with van der Waals surface area (Å²) in [7, 11) is 0. The van der Waals surface area contributed by atoms with Crippen LogP contribution in [0.2, 0.25) is 10.0 Å². The molecule has 2 aromatic carbocycles. The maximum atomic E-state index is 6.09. The minimum Gasteiger partial charge on any atom is -0.282 e. The van der Waals surface area contributed by atoms with Gasteiger partial charge in [0.2, 0.25) is 0 Å². The average Bonchev–Trinajstić information content (AvgIpc) is 3.40. The van der Waals surface area contributed by atoms with Crippen LogP contribution in [0.5, 0.6) is 0 Å². The van der Waals surface area contributed by atoms with Crippen LogP contribution in [0.3, 0.4) is 0 Å². The fraction of sp³-hybridized carbons (Fsp3) is 0.280. The monoisotopic (exact) mass is 456 g/mol. The number of H-pyrrole nitrogens is 2. The zero-order valence-corrected chi connectivity index (χ0v) is 19.1. The van der Waals surface area contributed by atoms with Crippen LogP contribution in [0.25, 0.3) is 22.5 Å². The Morgan fingerprint density at radius 1 is 0.710 bits per heavy atom. The molecule has 2 N–H and O–H groups in total. The second-order valence-electron chi connectivity index (χ2n) is 7.71. The Kier molecular flexibility index (Phi) is 8.90. The van der Waals surface area contributed by atoms with Crippen molar-refractivity contribution < 1.29 is 0 Å². The molecule has 0 aliphatic carbocycles. The van der Waals surface area contributed by atoms with Crippen molar-refractivity contribution in [1.29, 1.82) is 0 Å². The van der Waals surface area contributed by atoms with Gasteiger partial charge in [-0.2, -0.15) is 10.2 Å². The quantitative estimate of drug-likeness (QED) is 0.324. The first-order valence-corrected chi connectivity index (χ1v) is 10.7. The number of nitrogens with one attached hydrogen (secondary N) is 2. The minimum absolute atomic E-state index is 0. The molecule has 164 valence electrons. The summed E-state index contributed by atoms with van der Waals surface area (Å²) in [6.07, 6.45) is 0. The maximum Gasteiger partial charge on any atom is 0.0938 e. The van der Waals surface area contributed by atoms with E-state index in [0.717, 1.165) is 43.9 Å². The standard InChI is InChI=1S/2C12H13ClN2.CH4/c1-8(2)11-7-12(15-14-11)9-3-5-10(13)6-4-9;1-8(2)11-7-12(15-14-11)9-5-3-4-6-10(9)13;/h2*3-8H,1-2H3,(H,14,15);1H4. The highest BCUT2D eigenvalue weighted by molar-refractivity contribution is 6.33. The van der Waals surface area contributed by atoms with Gasteiger partial charge in [0.05, 0.1) is 16.4 Å². The van der Waals surface area contributed by atoms with Crippen molar-refractivity contribution in [2.24, 2.45) is 0 Å². The predicted octanol–water partition coefficient (Wildman–Crippen LogP) is 8.34. The van der Waals surface area contributed by atoms with Crippen molar-refractivity contribution >= 4 is 23.2 Å². The van der Waals surface area contributed by atoms with Crippen molar-refractivity contribution in [3.63, 3.8) is 0 Å². The van der Waals surface area contributed by atoms with E-state index in [9.17, 15) is 0 Å². The molecular weight excluding hydrogens is 427 g/mol. The first kappa shape index (κ1) is 24.7. The molecule has 0 fully saturated rings. The summed E-state index contributed by atoms with van der Waals surface area (Å²) >= 11 is 11.9. The molecule has 0 amide bonds. The van der Waals surface area contributed by atoms with E-state index in [1.165, 1.54) is 0 Å². The molecule has 0 unspecified atom stereocenters. The van der Waals surface area contributed by atoms with E-state index < -0.39 is 0 Å². The van der Waals surface area contributed by atoms with Gasteiger partial charge >= 0.3 is 0 Å². The van der Waals surface area contributed by atoms with E-state index in [0.29, 0.717) is 11.8 Å². The van der Waals surface area contributed by atoms with E-state index in [-0.39, 0.29) is 7.43 Å². The molecule has 4 nitrogen and oxygen atoms in total. The maximum absolute atomic E-state index is 6.09. The molecule has 4 aromatic rings. The molecule has 0 bridgehead atoms. The Hall–Kier alpha value is -2.56. The predicted molar refractivity (Wildman–Crippen MR) is 133 cm³/mol. The van der Waals surface area contributed by atoms with E-state index in [1.807, 2.05) is 54.6 Å². The molecule has 2 heterocycles. The molecular formula is C25H30Cl2N4. The second-order valence-corrected chi connectivity index (χ2v) is 8.56. The second kappa shape index (κ2) is 11.2. The van der Waals surface area contributed by atoms with Crippen molar-refractivity contribution in [3.8, 4) is 22.5 Å². The third-order valence-electron chi connectivity index (χ3n) is 4.73. The topological polar surface area (TPSA) is 57.4 Å². The molecule has 0 saturated heterocycles. The Labute approximate surface area is 195 Å². The first-order chi connectivity index (χ1) is 14.3. The lowest BCUT2D eigenvalue weighted by Gasteiger charge is -1.99. The lowest BCUT2D eigenvalue weighted by molar-refractivity contribution is 0.811. The number of hydrogen-bond donors (Lipinski definition) is 2. The van der Waals surface area contributed by atoms with Gasteiger partial charge in [-0.1, -0.05) is 88.7 Å². The van der Waals surface area contributed by atoms with Crippen LogP contribution in [0.4, 0.5) is 0 Å². The van der Waals surface area contributed by atoms with Gasteiger partial charge in [0.1, 0.15) is 0 Å². The lowest BCUT2D eigenvalue weighted by Crippen LogP contribution is -1.85. The Balaban J connectivity index is 0.000000213. The molecule has 0 radical (unpaired) electrons. The molecule has 2 aromatic heterocycles. The normalized spacial score (nSPS) is 10.6. The van der Waals surface area contributed by atoms with Crippen LogP contribution in [0.15, 0.2) is 60.7 Å². The summed E-state index contributed by atoms with van der Waals surface area (Å²) in [6, 6.07) is 19.6. The van der Waals surface area contributed by atoms with Crippen LogP contribution in [0.1, 0.15) is 58.3 Å².